The first-order valence-corrected chi connectivity index (χ1v) is 6.69. The van der Waals surface area contributed by atoms with Crippen LogP contribution in [0.4, 0.5) is 4.79 Å². The van der Waals surface area contributed by atoms with Crippen LogP contribution in [0, 0.1) is 10.1 Å². The fraction of sp³-hybridized carbons (Fsp3) is 0.462. The van der Waals surface area contributed by atoms with Crippen molar-refractivity contribution in [3.05, 3.63) is 28.7 Å². The summed E-state index contributed by atoms with van der Waals surface area (Å²) < 4.78 is 20.1. The van der Waals surface area contributed by atoms with Crippen molar-refractivity contribution in [2.24, 2.45) is 0 Å². The van der Waals surface area contributed by atoms with Crippen LogP contribution >= 0.6 is 0 Å². The van der Waals surface area contributed by atoms with Gasteiger partial charge >= 0.3 is 11.9 Å². The van der Waals surface area contributed by atoms with Gasteiger partial charge in [0.2, 0.25) is 6.04 Å². The minimum atomic E-state index is -1.14. The van der Waals surface area contributed by atoms with Gasteiger partial charge in [0.1, 0.15) is 23.9 Å². The number of rotatable bonds is 3. The van der Waals surface area contributed by atoms with Crippen LogP contribution in [0.2, 0.25) is 0 Å². The van der Waals surface area contributed by atoms with E-state index in [1.807, 2.05) is 0 Å². The molecule has 1 saturated carbocycles. The van der Waals surface area contributed by atoms with Gasteiger partial charge in [-0.2, -0.15) is 0 Å². The summed E-state index contributed by atoms with van der Waals surface area (Å²) in [7, 11) is 0. The number of aliphatic hydroxyl groups is 1. The number of nitro groups is 1. The molecular weight excluding hydrogens is 298 g/mol. The van der Waals surface area contributed by atoms with Gasteiger partial charge in [0.05, 0.1) is 6.26 Å². The fourth-order valence-electron chi connectivity index (χ4n) is 2.52. The number of furan rings is 2. The number of ether oxygens (including phenoxy) is 2. The van der Waals surface area contributed by atoms with Crippen LogP contribution in [0.1, 0.15) is 19.3 Å². The Bertz CT molecular complexity index is 689. The van der Waals surface area contributed by atoms with E-state index >= 15 is 0 Å². The first kappa shape index (κ1) is 14.4. The third-order valence-corrected chi connectivity index (χ3v) is 3.63. The number of nitrogens with zero attached hydrogens (tertiary/aromatic N) is 1. The minimum Gasteiger partial charge on any atom is -0.433 e. The average Bonchev–Trinajstić information content (AvgIpc) is 3.03. The van der Waals surface area contributed by atoms with Crippen LogP contribution in [-0.2, 0) is 4.74 Å². The van der Waals surface area contributed by atoms with Gasteiger partial charge in [-0.1, -0.05) is 0 Å². The number of carbonyl (C=O) groups excluding carboxylic acids is 1. The number of fused-ring (bicyclic) bond motifs is 1. The zero-order chi connectivity index (χ0) is 15.7. The largest absolute Gasteiger partial charge is 0.514 e. The highest BCUT2D eigenvalue weighted by atomic mass is 16.7. The Morgan fingerprint density at radius 2 is 2.23 bits per heavy atom. The van der Waals surface area contributed by atoms with Crippen molar-refractivity contribution >= 4 is 17.3 Å². The van der Waals surface area contributed by atoms with Crippen molar-refractivity contribution < 1.29 is 33.1 Å². The van der Waals surface area contributed by atoms with E-state index in [9.17, 15) is 20.0 Å². The number of hydrogen-bond donors (Lipinski definition) is 1. The second-order valence-electron chi connectivity index (χ2n) is 5.05. The molecule has 1 fully saturated rings. The van der Waals surface area contributed by atoms with Gasteiger partial charge in [0, 0.05) is 17.8 Å². The van der Waals surface area contributed by atoms with E-state index in [1.54, 1.807) is 6.07 Å². The molecule has 2 unspecified atom stereocenters. The Balaban J connectivity index is 1.56. The molecule has 2 heterocycles. The van der Waals surface area contributed by atoms with E-state index in [1.165, 1.54) is 12.5 Å². The highest BCUT2D eigenvalue weighted by Gasteiger charge is 2.38. The molecule has 2 aromatic rings. The minimum absolute atomic E-state index is 0.00720. The lowest BCUT2D eigenvalue weighted by atomic mass is 9.91. The molecule has 3 atom stereocenters. The Labute approximate surface area is 123 Å². The predicted molar refractivity (Wildman–Crippen MR) is 70.0 cm³/mol. The van der Waals surface area contributed by atoms with Crippen molar-refractivity contribution in [2.75, 3.05) is 0 Å². The molecule has 0 spiro atoms. The van der Waals surface area contributed by atoms with Crippen LogP contribution in [0.5, 0.6) is 5.75 Å². The molecule has 118 valence electrons. The number of carbonyl (C=O) groups is 1. The molecule has 0 radical (unpaired) electrons. The molecule has 1 aliphatic carbocycles. The van der Waals surface area contributed by atoms with Gasteiger partial charge in [-0.25, -0.2) is 4.79 Å². The van der Waals surface area contributed by atoms with Crippen molar-refractivity contribution in [1.29, 1.82) is 0 Å². The monoisotopic (exact) mass is 311 g/mol. The molecule has 0 amide bonds. The van der Waals surface area contributed by atoms with Gasteiger partial charge in [-0.05, 0) is 12.5 Å². The van der Waals surface area contributed by atoms with Gasteiger partial charge in [0.15, 0.2) is 5.75 Å². The zero-order valence-corrected chi connectivity index (χ0v) is 11.3. The third-order valence-electron chi connectivity index (χ3n) is 3.63. The van der Waals surface area contributed by atoms with E-state index in [0.717, 1.165) is 0 Å². The van der Waals surface area contributed by atoms with E-state index in [4.69, 9.17) is 18.3 Å². The van der Waals surface area contributed by atoms with Crippen molar-refractivity contribution in [3.8, 4) is 5.75 Å². The van der Waals surface area contributed by atoms with E-state index < -0.39 is 29.3 Å². The van der Waals surface area contributed by atoms with E-state index in [0.29, 0.717) is 11.8 Å². The molecule has 2 aromatic heterocycles. The lowest BCUT2D eigenvalue weighted by Crippen LogP contribution is -2.42. The summed E-state index contributed by atoms with van der Waals surface area (Å²) >= 11 is 0. The maximum Gasteiger partial charge on any atom is 0.514 e. The average molecular weight is 311 g/mol. The summed E-state index contributed by atoms with van der Waals surface area (Å²) in [6, 6.07) is 0.559. The van der Waals surface area contributed by atoms with Crippen LogP contribution in [0.25, 0.3) is 11.2 Å². The van der Waals surface area contributed by atoms with Crippen LogP contribution in [-0.4, -0.2) is 34.4 Å². The molecule has 1 aliphatic rings. The summed E-state index contributed by atoms with van der Waals surface area (Å²) in [5, 5.41) is 20.9. The Morgan fingerprint density at radius 3 is 2.95 bits per heavy atom. The quantitative estimate of drug-likeness (QED) is 0.519. The maximum absolute atomic E-state index is 11.7. The lowest BCUT2D eigenvalue weighted by molar-refractivity contribution is -0.538. The smallest absolute Gasteiger partial charge is 0.433 e. The zero-order valence-electron chi connectivity index (χ0n) is 11.3. The Hall–Kier alpha value is -2.55. The molecule has 0 saturated heterocycles. The van der Waals surface area contributed by atoms with E-state index in [-0.39, 0.29) is 24.4 Å². The number of aliphatic hydroxyl groups excluding tert-OH is 1. The van der Waals surface area contributed by atoms with Crippen molar-refractivity contribution in [1.82, 2.24) is 0 Å². The molecule has 9 nitrogen and oxygen atoms in total. The topological polar surface area (TPSA) is 125 Å². The summed E-state index contributed by atoms with van der Waals surface area (Å²) in [4.78, 5) is 21.9. The molecule has 0 bridgehead atoms. The van der Waals surface area contributed by atoms with Gasteiger partial charge in [-0.3, -0.25) is 10.1 Å². The lowest BCUT2D eigenvalue weighted by Gasteiger charge is -2.27. The molecule has 1 N–H and O–H groups in total. The summed E-state index contributed by atoms with van der Waals surface area (Å²) in [5.41, 5.74) is 0. The molecule has 0 aliphatic heterocycles. The van der Waals surface area contributed by atoms with Crippen molar-refractivity contribution in [3.63, 3.8) is 0 Å². The molecule has 0 aromatic carbocycles. The van der Waals surface area contributed by atoms with Gasteiger partial charge in [-0.15, -0.1) is 0 Å². The van der Waals surface area contributed by atoms with Crippen molar-refractivity contribution in [2.45, 2.75) is 37.5 Å². The Morgan fingerprint density at radius 1 is 1.41 bits per heavy atom. The van der Waals surface area contributed by atoms with E-state index in [2.05, 4.69) is 0 Å². The third kappa shape index (κ3) is 2.75. The van der Waals surface area contributed by atoms with Gasteiger partial charge < -0.3 is 23.4 Å². The second kappa shape index (κ2) is 5.68. The summed E-state index contributed by atoms with van der Waals surface area (Å²) in [6.45, 7) is 0. The SMILES string of the molecule is O=C(Oc1coc2occc12)OC1CCC([N+](=O)[O-])[C@H](O)C1. The number of hydrogen-bond acceptors (Lipinski definition) is 8. The maximum atomic E-state index is 11.7. The second-order valence-corrected chi connectivity index (χ2v) is 5.05. The highest BCUT2D eigenvalue weighted by molar-refractivity contribution is 5.82. The first-order valence-electron chi connectivity index (χ1n) is 6.69. The molecule has 22 heavy (non-hydrogen) atoms. The predicted octanol–water partition coefficient (Wildman–Crippen LogP) is 2.10. The van der Waals surface area contributed by atoms with Crippen LogP contribution in [0.15, 0.2) is 27.4 Å². The highest BCUT2D eigenvalue weighted by Crippen LogP contribution is 2.29. The Kier molecular flexibility index (Phi) is 3.72. The standard InChI is InChI=1S/C13H13NO8/c15-10-5-7(1-2-9(10)14(17)18)21-13(16)22-11-6-20-12-8(11)3-4-19-12/h3-4,6-7,9-10,15H,1-2,5H2/t7?,9?,10-/m1/s1. The first-order chi connectivity index (χ1) is 10.5. The summed E-state index contributed by atoms with van der Waals surface area (Å²) in [6.07, 6.45) is 0.332. The molecule has 9 heteroatoms. The fourth-order valence-corrected chi connectivity index (χ4v) is 2.52. The van der Waals surface area contributed by atoms with Gasteiger partial charge in [0.25, 0.3) is 0 Å². The normalized spacial score (nSPS) is 25.0. The molecule has 3 rings (SSSR count). The summed E-state index contributed by atoms with van der Waals surface area (Å²) in [5.74, 6) is 0.387. The molecular formula is C13H13NO8. The van der Waals surface area contributed by atoms with Crippen LogP contribution in [0.3, 0.4) is 0 Å². The van der Waals surface area contributed by atoms with Crippen LogP contribution < -0.4 is 4.74 Å².